The van der Waals surface area contributed by atoms with Gasteiger partial charge < -0.3 is 33.8 Å². The molecule has 0 aliphatic carbocycles. The van der Waals surface area contributed by atoms with Crippen LogP contribution < -0.4 is 21.0 Å². The third kappa shape index (κ3) is 3.66. The van der Waals surface area contributed by atoms with Crippen LogP contribution in [0, 0.1) is 0 Å². The van der Waals surface area contributed by atoms with Crippen molar-refractivity contribution in [2.45, 2.75) is 24.5 Å². The number of phosphoric acid groups is 1. The van der Waals surface area contributed by atoms with E-state index in [2.05, 4.69) is 4.52 Å². The Bertz CT molecular complexity index is 664. The fourth-order valence-electron chi connectivity index (χ4n) is 1.89. The minimum absolute atomic E-state index is 0.664. The summed E-state index contributed by atoms with van der Waals surface area (Å²) in [6, 6.07) is 0.997. The number of H-pyrrole nitrogens is 1. The number of aromatic amines is 1. The van der Waals surface area contributed by atoms with Gasteiger partial charge in [0.15, 0.2) is 6.23 Å². The second-order valence-corrected chi connectivity index (χ2v) is 5.46. The topological polar surface area (TPSA) is 177 Å². The number of aliphatic hydroxyl groups excluding tert-OH is 2. The summed E-state index contributed by atoms with van der Waals surface area (Å²) in [5.74, 6) is 0. The van der Waals surface area contributed by atoms with Crippen LogP contribution in [0.4, 0.5) is 0 Å². The van der Waals surface area contributed by atoms with E-state index in [4.69, 9.17) is 4.74 Å². The summed E-state index contributed by atoms with van der Waals surface area (Å²) in [4.78, 5) is 45.2. The number of ether oxygens (including phenoxy) is 1. The molecule has 0 aromatic carbocycles. The van der Waals surface area contributed by atoms with Gasteiger partial charge in [0.25, 0.3) is 5.56 Å². The highest BCUT2D eigenvalue weighted by Gasteiger charge is 2.44. The maximum absolute atomic E-state index is 11.6. The van der Waals surface area contributed by atoms with Crippen LogP contribution in [0.5, 0.6) is 0 Å². The van der Waals surface area contributed by atoms with Crippen molar-refractivity contribution in [2.24, 2.45) is 0 Å². The summed E-state index contributed by atoms with van der Waals surface area (Å²) in [6.45, 7) is -0.808. The van der Waals surface area contributed by atoms with Gasteiger partial charge in [-0.05, 0) is 0 Å². The molecule has 1 saturated heterocycles. The van der Waals surface area contributed by atoms with Crippen molar-refractivity contribution >= 4 is 7.82 Å². The fourth-order valence-corrected chi connectivity index (χ4v) is 2.22. The van der Waals surface area contributed by atoms with Crippen LogP contribution in [0.3, 0.4) is 0 Å². The van der Waals surface area contributed by atoms with Crippen LogP contribution in [-0.2, 0) is 13.8 Å². The van der Waals surface area contributed by atoms with Gasteiger partial charge in [0.05, 0.1) is 14.4 Å². The predicted molar refractivity (Wildman–Crippen MR) is 60.8 cm³/mol. The summed E-state index contributed by atoms with van der Waals surface area (Å²) < 4.78 is 20.3. The molecule has 3 N–H and O–H groups in total. The maximum atomic E-state index is 11.6. The van der Waals surface area contributed by atoms with Crippen molar-refractivity contribution in [3.8, 4) is 0 Å². The summed E-state index contributed by atoms with van der Waals surface area (Å²) in [5.41, 5.74) is -1.55. The molecule has 1 aliphatic heterocycles. The van der Waals surface area contributed by atoms with Crippen molar-refractivity contribution in [1.82, 2.24) is 9.55 Å². The molecule has 118 valence electrons. The quantitative estimate of drug-likeness (QED) is 0.466. The highest BCUT2D eigenvalue weighted by molar-refractivity contribution is 7.43. The molecule has 2 heterocycles. The molecule has 0 saturated carbocycles. The minimum atomic E-state index is -5.26. The number of aliphatic hydroxyl groups is 2. The second-order valence-electron chi connectivity index (χ2n) is 4.31. The van der Waals surface area contributed by atoms with Gasteiger partial charge in [-0.3, -0.25) is 14.3 Å². The van der Waals surface area contributed by atoms with Crippen LogP contribution in [0.2, 0.25) is 0 Å². The normalized spacial score (nSPS) is 29.7. The largest absolute Gasteiger partial charge is 0.790 e. The van der Waals surface area contributed by atoms with Gasteiger partial charge in [-0.1, -0.05) is 0 Å². The SMILES string of the molecule is O=c1ccn([C@@H]2O[C@@H](COP(=O)([O-])[O-])[C@@H](O)[C@H]2O)c(=O)[nH]1. The van der Waals surface area contributed by atoms with E-state index < -0.39 is 50.2 Å². The molecule has 1 fully saturated rings. The molecule has 0 unspecified atom stereocenters. The van der Waals surface area contributed by atoms with E-state index in [1.165, 1.54) is 0 Å². The Morgan fingerprint density at radius 1 is 1.38 bits per heavy atom. The zero-order valence-corrected chi connectivity index (χ0v) is 11.2. The Morgan fingerprint density at radius 2 is 2.05 bits per heavy atom. The number of nitrogens with one attached hydrogen (secondary N) is 1. The molecule has 12 heteroatoms. The molecule has 1 aromatic heterocycles. The first kappa shape index (κ1) is 16.0. The van der Waals surface area contributed by atoms with E-state index >= 15 is 0 Å². The van der Waals surface area contributed by atoms with Crippen LogP contribution in [0.15, 0.2) is 21.9 Å². The summed E-state index contributed by atoms with van der Waals surface area (Å²) in [5, 5.41) is 19.5. The molecular formula is C9H11N2O9P-2. The summed E-state index contributed by atoms with van der Waals surface area (Å²) in [6.07, 6.45) is -4.83. The number of nitrogens with zero attached hydrogens (tertiary/aromatic N) is 1. The average Bonchev–Trinajstić information content (AvgIpc) is 2.64. The third-order valence-corrected chi connectivity index (χ3v) is 3.32. The van der Waals surface area contributed by atoms with Crippen molar-refractivity contribution < 1.29 is 33.8 Å². The first-order valence-electron chi connectivity index (χ1n) is 5.69. The maximum Gasteiger partial charge on any atom is 0.330 e. The van der Waals surface area contributed by atoms with Crippen molar-refractivity contribution in [3.63, 3.8) is 0 Å². The lowest BCUT2D eigenvalue weighted by atomic mass is 10.1. The lowest BCUT2D eigenvalue weighted by Crippen LogP contribution is -2.37. The van der Waals surface area contributed by atoms with Gasteiger partial charge in [0.2, 0.25) is 0 Å². The Hall–Kier alpha value is -1.33. The Morgan fingerprint density at radius 3 is 2.62 bits per heavy atom. The van der Waals surface area contributed by atoms with Crippen molar-refractivity contribution in [3.05, 3.63) is 33.1 Å². The summed E-state index contributed by atoms with van der Waals surface area (Å²) >= 11 is 0. The molecule has 0 radical (unpaired) electrons. The average molecular weight is 322 g/mol. The van der Waals surface area contributed by atoms with Gasteiger partial charge in [0, 0.05) is 12.3 Å². The predicted octanol–water partition coefficient (Wildman–Crippen LogP) is -4.00. The van der Waals surface area contributed by atoms with Crippen LogP contribution in [0.1, 0.15) is 6.23 Å². The smallest absolute Gasteiger partial charge is 0.330 e. The molecule has 0 spiro atoms. The fraction of sp³-hybridized carbons (Fsp3) is 0.556. The second kappa shape index (κ2) is 5.81. The monoisotopic (exact) mass is 322 g/mol. The summed E-state index contributed by atoms with van der Waals surface area (Å²) in [7, 11) is -5.26. The van der Waals surface area contributed by atoms with E-state index in [1.54, 1.807) is 0 Å². The van der Waals surface area contributed by atoms with Gasteiger partial charge >= 0.3 is 5.69 Å². The van der Waals surface area contributed by atoms with Gasteiger partial charge in [-0.25, -0.2) is 4.79 Å². The van der Waals surface area contributed by atoms with Gasteiger partial charge in [-0.2, -0.15) is 0 Å². The number of hydrogen-bond acceptors (Lipinski definition) is 9. The van der Waals surface area contributed by atoms with E-state index in [0.29, 0.717) is 0 Å². The minimum Gasteiger partial charge on any atom is -0.790 e. The Kier molecular flexibility index (Phi) is 4.44. The number of hydrogen-bond donors (Lipinski definition) is 3. The number of aromatic nitrogens is 2. The third-order valence-electron chi connectivity index (χ3n) is 2.86. The van der Waals surface area contributed by atoms with E-state index in [-0.39, 0.29) is 0 Å². The van der Waals surface area contributed by atoms with Crippen LogP contribution in [-0.4, -0.2) is 44.7 Å². The highest BCUT2D eigenvalue weighted by Crippen LogP contribution is 2.32. The van der Waals surface area contributed by atoms with Crippen LogP contribution in [0.25, 0.3) is 0 Å². The molecule has 0 bridgehead atoms. The first-order chi connectivity index (χ1) is 9.69. The van der Waals surface area contributed by atoms with Crippen LogP contribution >= 0.6 is 7.82 Å². The number of phosphoric ester groups is 1. The molecule has 0 amide bonds. The first-order valence-corrected chi connectivity index (χ1v) is 7.15. The zero-order chi connectivity index (χ0) is 15.8. The molecule has 11 nitrogen and oxygen atoms in total. The molecule has 1 aliphatic rings. The van der Waals surface area contributed by atoms with Crippen molar-refractivity contribution in [2.75, 3.05) is 6.61 Å². The van der Waals surface area contributed by atoms with E-state index in [1.807, 2.05) is 4.98 Å². The Balaban J connectivity index is 2.18. The lowest BCUT2D eigenvalue weighted by molar-refractivity contribution is -0.343. The molecule has 21 heavy (non-hydrogen) atoms. The van der Waals surface area contributed by atoms with Gasteiger partial charge in [0.1, 0.15) is 18.3 Å². The highest BCUT2D eigenvalue weighted by atomic mass is 31.2. The Labute approximate surface area is 116 Å². The molecule has 4 atom stereocenters. The number of rotatable bonds is 4. The van der Waals surface area contributed by atoms with E-state index in [0.717, 1.165) is 16.8 Å². The van der Waals surface area contributed by atoms with Crippen molar-refractivity contribution in [1.29, 1.82) is 0 Å². The molecule has 1 aromatic rings. The zero-order valence-electron chi connectivity index (χ0n) is 10.3. The standard InChI is InChI=1S/C9H13N2O9P/c12-5-1-2-11(9(15)10-5)8-7(14)6(13)4(20-8)3-19-21(16,17)18/h1-2,4,6-8,13-14H,3H2,(H,10,12,15)(H2,16,17,18)/p-2/t4-,6+,7+,8+/m0/s1. The lowest BCUT2D eigenvalue weighted by Gasteiger charge is -2.30. The van der Waals surface area contributed by atoms with E-state index in [9.17, 15) is 34.2 Å². The van der Waals surface area contributed by atoms with Gasteiger partial charge in [-0.15, -0.1) is 0 Å². The molecular weight excluding hydrogens is 311 g/mol. The molecule has 2 rings (SSSR count).